The molecule has 2 atom stereocenters. The number of carbonyl (C=O) groups is 1. The molecule has 18 heavy (non-hydrogen) atoms. The summed E-state index contributed by atoms with van der Waals surface area (Å²) in [6.07, 6.45) is 7.60. The molecule has 4 heteroatoms. The number of carbonyl (C=O) groups excluding carboxylic acids is 1. The van der Waals surface area contributed by atoms with E-state index in [1.54, 1.807) is 0 Å². The zero-order chi connectivity index (χ0) is 13.5. The van der Waals surface area contributed by atoms with Gasteiger partial charge in [0.1, 0.15) is 0 Å². The van der Waals surface area contributed by atoms with Gasteiger partial charge in [-0.25, -0.2) is 0 Å². The van der Waals surface area contributed by atoms with Gasteiger partial charge < -0.3 is 11.1 Å². The molecule has 2 unspecified atom stereocenters. The van der Waals surface area contributed by atoms with Gasteiger partial charge in [0.2, 0.25) is 5.91 Å². The van der Waals surface area contributed by atoms with Crippen LogP contribution in [0.2, 0.25) is 0 Å². The molecule has 0 saturated heterocycles. The first-order valence-corrected chi connectivity index (χ1v) is 7.54. The third-order valence-electron chi connectivity index (χ3n) is 3.98. The molecular weight excluding hydrogens is 244 g/mol. The zero-order valence-corrected chi connectivity index (χ0v) is 12.4. The molecule has 1 amide bonds. The van der Waals surface area contributed by atoms with Gasteiger partial charge >= 0.3 is 0 Å². The molecule has 104 valence electrons. The summed E-state index contributed by atoms with van der Waals surface area (Å²) in [5.41, 5.74) is 5.80. The van der Waals surface area contributed by atoms with Crippen molar-refractivity contribution in [2.24, 2.45) is 17.6 Å². The molecule has 3 N–H and O–H groups in total. The minimum Gasteiger partial charge on any atom is -0.392 e. The highest BCUT2D eigenvalue weighted by Crippen LogP contribution is 2.26. The van der Waals surface area contributed by atoms with E-state index < -0.39 is 0 Å². The fourth-order valence-corrected chi connectivity index (χ4v) is 2.83. The second kappa shape index (κ2) is 7.72. The minimum atomic E-state index is -0.100. The lowest BCUT2D eigenvalue weighted by Crippen LogP contribution is -2.49. The summed E-state index contributed by atoms with van der Waals surface area (Å²) in [5, 5.41) is 3.05. The van der Waals surface area contributed by atoms with Crippen molar-refractivity contribution in [2.45, 2.75) is 64.8 Å². The quantitative estimate of drug-likeness (QED) is 0.730. The summed E-state index contributed by atoms with van der Waals surface area (Å²) in [6, 6.07) is -0.100. The molecule has 0 aromatic carbocycles. The van der Waals surface area contributed by atoms with Gasteiger partial charge in [-0.1, -0.05) is 51.7 Å². The summed E-state index contributed by atoms with van der Waals surface area (Å²) in [5.74, 6) is 0.952. The first-order chi connectivity index (χ1) is 8.54. The first kappa shape index (κ1) is 15.4. The third-order valence-corrected chi connectivity index (χ3v) is 4.23. The second-order valence-electron chi connectivity index (χ2n) is 5.56. The highest BCUT2D eigenvalue weighted by molar-refractivity contribution is 7.80. The minimum absolute atomic E-state index is 0.0905. The predicted molar refractivity (Wildman–Crippen MR) is 79.4 cm³/mol. The lowest BCUT2D eigenvalue weighted by atomic mass is 9.83. The van der Waals surface area contributed by atoms with E-state index in [0.29, 0.717) is 23.2 Å². The molecule has 0 aromatic heterocycles. The molecule has 1 rings (SSSR count). The average molecular weight is 270 g/mol. The maximum atomic E-state index is 11.9. The lowest BCUT2D eigenvalue weighted by Gasteiger charge is -2.30. The molecular formula is C14H26N2OS. The Bertz CT molecular complexity index is 288. The van der Waals surface area contributed by atoms with Crippen LogP contribution in [0.15, 0.2) is 0 Å². The van der Waals surface area contributed by atoms with Crippen LogP contribution in [-0.2, 0) is 4.79 Å². The van der Waals surface area contributed by atoms with Gasteiger partial charge in [0.25, 0.3) is 0 Å². The molecule has 0 bridgehead atoms. The first-order valence-electron chi connectivity index (χ1n) is 7.13. The van der Waals surface area contributed by atoms with Crippen LogP contribution in [0.4, 0.5) is 0 Å². The van der Waals surface area contributed by atoms with Crippen molar-refractivity contribution in [3.63, 3.8) is 0 Å². The Balaban J connectivity index is 2.51. The SMILES string of the molecule is CCC(C)CC(=O)NC(C(N)=S)C1CCCCC1. The van der Waals surface area contributed by atoms with E-state index in [2.05, 4.69) is 19.2 Å². The molecule has 0 aliphatic heterocycles. The number of nitrogens with two attached hydrogens (primary N) is 1. The Labute approximate surface area is 116 Å². The van der Waals surface area contributed by atoms with Crippen molar-refractivity contribution >= 4 is 23.1 Å². The van der Waals surface area contributed by atoms with Crippen LogP contribution in [0.5, 0.6) is 0 Å². The lowest BCUT2D eigenvalue weighted by molar-refractivity contribution is -0.122. The van der Waals surface area contributed by atoms with Crippen molar-refractivity contribution in [3.05, 3.63) is 0 Å². The number of hydrogen-bond acceptors (Lipinski definition) is 2. The summed E-state index contributed by atoms with van der Waals surface area (Å²) >= 11 is 5.12. The number of thiocarbonyl (C=S) groups is 1. The maximum absolute atomic E-state index is 11.9. The van der Waals surface area contributed by atoms with Crippen molar-refractivity contribution < 1.29 is 4.79 Å². The van der Waals surface area contributed by atoms with Crippen LogP contribution >= 0.6 is 12.2 Å². The largest absolute Gasteiger partial charge is 0.392 e. The number of amides is 1. The fraction of sp³-hybridized carbons (Fsp3) is 0.857. The average Bonchev–Trinajstić information content (AvgIpc) is 2.36. The number of nitrogens with one attached hydrogen (secondary N) is 1. The summed E-state index contributed by atoms with van der Waals surface area (Å²) in [7, 11) is 0. The highest BCUT2D eigenvalue weighted by Gasteiger charge is 2.27. The van der Waals surface area contributed by atoms with Gasteiger partial charge in [0, 0.05) is 6.42 Å². The second-order valence-corrected chi connectivity index (χ2v) is 6.03. The van der Waals surface area contributed by atoms with Crippen molar-refractivity contribution in [3.8, 4) is 0 Å². The van der Waals surface area contributed by atoms with Crippen LogP contribution in [0.1, 0.15) is 58.8 Å². The molecule has 0 aromatic rings. The van der Waals surface area contributed by atoms with E-state index in [1.807, 2.05) is 0 Å². The van der Waals surface area contributed by atoms with Crippen LogP contribution in [0.3, 0.4) is 0 Å². The van der Waals surface area contributed by atoms with Crippen LogP contribution in [0, 0.1) is 11.8 Å². The Morgan fingerprint density at radius 3 is 2.50 bits per heavy atom. The number of hydrogen-bond donors (Lipinski definition) is 2. The molecule has 0 heterocycles. The number of rotatable bonds is 6. The molecule has 1 fully saturated rings. The standard InChI is InChI=1S/C14H26N2OS/c1-3-10(2)9-12(17)16-13(14(15)18)11-7-5-4-6-8-11/h10-11,13H,3-9H2,1-2H3,(H2,15,18)(H,16,17). The third kappa shape index (κ3) is 4.92. The summed E-state index contributed by atoms with van der Waals surface area (Å²) < 4.78 is 0. The van der Waals surface area contributed by atoms with Gasteiger partial charge in [-0.05, 0) is 24.7 Å². The normalized spacial score (nSPS) is 20.1. The van der Waals surface area contributed by atoms with E-state index in [4.69, 9.17) is 18.0 Å². The zero-order valence-electron chi connectivity index (χ0n) is 11.6. The molecule has 1 aliphatic carbocycles. The van der Waals surface area contributed by atoms with E-state index >= 15 is 0 Å². The van der Waals surface area contributed by atoms with Crippen LogP contribution < -0.4 is 11.1 Å². The molecule has 1 saturated carbocycles. The Morgan fingerprint density at radius 2 is 2.00 bits per heavy atom. The maximum Gasteiger partial charge on any atom is 0.220 e. The van der Waals surface area contributed by atoms with E-state index in [1.165, 1.54) is 19.3 Å². The van der Waals surface area contributed by atoms with Crippen LogP contribution in [-0.4, -0.2) is 16.9 Å². The van der Waals surface area contributed by atoms with Gasteiger partial charge in [0.05, 0.1) is 11.0 Å². The molecule has 0 radical (unpaired) electrons. The molecule has 0 spiro atoms. The van der Waals surface area contributed by atoms with Gasteiger partial charge in [-0.2, -0.15) is 0 Å². The molecule has 3 nitrogen and oxygen atoms in total. The Kier molecular flexibility index (Phi) is 6.61. The van der Waals surface area contributed by atoms with Crippen molar-refractivity contribution in [2.75, 3.05) is 0 Å². The van der Waals surface area contributed by atoms with Crippen LogP contribution in [0.25, 0.3) is 0 Å². The highest BCUT2D eigenvalue weighted by atomic mass is 32.1. The van der Waals surface area contributed by atoms with E-state index in [0.717, 1.165) is 19.3 Å². The Morgan fingerprint density at radius 1 is 1.39 bits per heavy atom. The monoisotopic (exact) mass is 270 g/mol. The topological polar surface area (TPSA) is 55.1 Å². The molecule has 1 aliphatic rings. The summed E-state index contributed by atoms with van der Waals surface area (Å²) in [4.78, 5) is 12.4. The predicted octanol–water partition coefficient (Wildman–Crippen LogP) is 2.77. The van der Waals surface area contributed by atoms with E-state index in [9.17, 15) is 4.79 Å². The van der Waals surface area contributed by atoms with Gasteiger partial charge in [0.15, 0.2) is 0 Å². The van der Waals surface area contributed by atoms with Gasteiger partial charge in [-0.15, -0.1) is 0 Å². The Hall–Kier alpha value is -0.640. The summed E-state index contributed by atoms with van der Waals surface area (Å²) in [6.45, 7) is 4.19. The fourth-order valence-electron chi connectivity index (χ4n) is 2.58. The van der Waals surface area contributed by atoms with Gasteiger partial charge in [-0.3, -0.25) is 4.79 Å². The van der Waals surface area contributed by atoms with E-state index in [-0.39, 0.29) is 11.9 Å². The smallest absolute Gasteiger partial charge is 0.220 e. The van der Waals surface area contributed by atoms with Crippen molar-refractivity contribution in [1.82, 2.24) is 5.32 Å². The van der Waals surface area contributed by atoms with Crippen molar-refractivity contribution in [1.29, 1.82) is 0 Å².